The lowest BCUT2D eigenvalue weighted by atomic mass is 10.5. The Bertz CT molecular complexity index is 80.2. The molecule has 0 aliphatic carbocycles. The smallest absolute Gasteiger partial charge is 0.0230 e. The van der Waals surface area contributed by atoms with Gasteiger partial charge in [-0.3, -0.25) is 0 Å². The third-order valence-corrected chi connectivity index (χ3v) is 7.65. The molecule has 0 aliphatic heterocycles. The van der Waals surface area contributed by atoms with Gasteiger partial charge in [0.25, 0.3) is 0 Å². The topological polar surface area (TPSA) is 0 Å². The third kappa shape index (κ3) is 4.95. The second-order valence-corrected chi connectivity index (χ2v) is 8.12. The molecule has 0 heterocycles. The molecule has 0 unspecified atom stereocenters. The summed E-state index contributed by atoms with van der Waals surface area (Å²) in [5.41, 5.74) is 0. The monoisotopic (exact) mass is 204 g/mol. The molecule has 0 spiro atoms. The molecule has 0 saturated carbocycles. The van der Waals surface area contributed by atoms with Gasteiger partial charge in [0.05, 0.1) is 0 Å². The zero-order valence-corrected chi connectivity index (χ0v) is 10.9. The fraction of sp³-hybridized carbons (Fsp3) is 1.00. The molecule has 0 aromatic heterocycles. The Hall–Kier alpha value is 0.350. The minimum Gasteiger partial charge on any atom is -0.241 e. The van der Waals surface area contributed by atoms with Crippen molar-refractivity contribution >= 4 is 10.0 Å². The predicted octanol–water partition coefficient (Wildman–Crippen LogP) is 4.43. The van der Waals surface area contributed by atoms with Crippen LogP contribution >= 0.6 is 10.0 Å². The van der Waals surface area contributed by atoms with Crippen LogP contribution in [0.1, 0.15) is 53.4 Å². The van der Waals surface area contributed by atoms with Crippen molar-refractivity contribution in [3.63, 3.8) is 0 Å². The van der Waals surface area contributed by atoms with E-state index in [0.717, 1.165) is 0 Å². The fourth-order valence-electron chi connectivity index (χ4n) is 2.34. The van der Waals surface area contributed by atoms with E-state index in [4.69, 9.17) is 0 Å². The molecular weight excluding hydrogens is 176 g/mol. The van der Waals surface area contributed by atoms with Gasteiger partial charge in [-0.2, -0.15) is 0 Å². The minimum atomic E-state index is -0.197. The van der Waals surface area contributed by atoms with Crippen LogP contribution in [0.4, 0.5) is 0 Å². The predicted molar refractivity (Wildman–Crippen MR) is 68.2 cm³/mol. The van der Waals surface area contributed by atoms with E-state index < -0.39 is 0 Å². The van der Waals surface area contributed by atoms with Gasteiger partial charge in [-0.05, 0) is 48.7 Å². The molecule has 0 aromatic rings. The Labute approximate surface area is 86.8 Å². The van der Waals surface area contributed by atoms with E-state index in [0.29, 0.717) is 0 Å². The molecule has 0 N–H and O–H groups in total. The first kappa shape index (κ1) is 13.4. The first-order valence-corrected chi connectivity index (χ1v) is 8.29. The summed E-state index contributed by atoms with van der Waals surface area (Å²) in [5, 5.41) is 0. The molecule has 0 rings (SSSR count). The van der Waals surface area contributed by atoms with Gasteiger partial charge in [0, 0.05) is 0 Å². The summed E-state index contributed by atoms with van der Waals surface area (Å²) >= 11 is 0. The van der Waals surface area contributed by atoms with Crippen molar-refractivity contribution in [3.05, 3.63) is 0 Å². The lowest BCUT2D eigenvalue weighted by Gasteiger charge is -2.40. The highest BCUT2D eigenvalue weighted by molar-refractivity contribution is 8.33. The average Bonchev–Trinajstić information content (AvgIpc) is 2.06. The Morgan fingerprint density at radius 3 is 0.923 bits per heavy atom. The second-order valence-electron chi connectivity index (χ2n) is 4.04. The van der Waals surface area contributed by atoms with Gasteiger partial charge >= 0.3 is 0 Å². The Kier molecular flexibility index (Phi) is 7.93. The van der Waals surface area contributed by atoms with Crippen LogP contribution in [-0.4, -0.2) is 23.0 Å². The van der Waals surface area contributed by atoms with Crippen molar-refractivity contribution in [2.24, 2.45) is 0 Å². The molecule has 0 radical (unpaired) electrons. The quantitative estimate of drug-likeness (QED) is 0.548. The van der Waals surface area contributed by atoms with Crippen molar-refractivity contribution in [2.75, 3.05) is 23.0 Å². The van der Waals surface area contributed by atoms with E-state index in [1.807, 2.05) is 0 Å². The lowest BCUT2D eigenvalue weighted by molar-refractivity contribution is 0.986. The SMILES string of the molecule is CCCS(CCC)(CCC)CCC. The van der Waals surface area contributed by atoms with Crippen LogP contribution < -0.4 is 0 Å². The highest BCUT2D eigenvalue weighted by atomic mass is 32.3. The summed E-state index contributed by atoms with van der Waals surface area (Å²) in [6.07, 6.45) is 5.59. The van der Waals surface area contributed by atoms with Crippen molar-refractivity contribution < 1.29 is 0 Å². The number of hydrogen-bond acceptors (Lipinski definition) is 0. The van der Waals surface area contributed by atoms with E-state index >= 15 is 0 Å². The lowest BCUT2D eigenvalue weighted by Crippen LogP contribution is -2.16. The van der Waals surface area contributed by atoms with Crippen molar-refractivity contribution in [1.82, 2.24) is 0 Å². The van der Waals surface area contributed by atoms with Crippen LogP contribution in [-0.2, 0) is 0 Å². The molecule has 0 aliphatic rings. The van der Waals surface area contributed by atoms with E-state index in [1.165, 1.54) is 48.7 Å². The van der Waals surface area contributed by atoms with Crippen LogP contribution in [0.3, 0.4) is 0 Å². The summed E-state index contributed by atoms with van der Waals surface area (Å²) in [6, 6.07) is 0. The zero-order valence-electron chi connectivity index (χ0n) is 10.1. The highest BCUT2D eigenvalue weighted by Crippen LogP contribution is 2.49. The summed E-state index contributed by atoms with van der Waals surface area (Å²) < 4.78 is 0. The molecule has 0 saturated heterocycles. The van der Waals surface area contributed by atoms with E-state index in [2.05, 4.69) is 27.7 Å². The zero-order chi connectivity index (χ0) is 10.2. The number of rotatable bonds is 8. The number of hydrogen-bond donors (Lipinski definition) is 0. The van der Waals surface area contributed by atoms with Crippen LogP contribution in [0.15, 0.2) is 0 Å². The van der Waals surface area contributed by atoms with Gasteiger partial charge in [-0.25, -0.2) is 10.0 Å². The Morgan fingerprint density at radius 1 is 0.538 bits per heavy atom. The summed E-state index contributed by atoms with van der Waals surface area (Å²) in [6.45, 7) is 9.40. The summed E-state index contributed by atoms with van der Waals surface area (Å²) in [5.74, 6) is 6.12. The van der Waals surface area contributed by atoms with Crippen molar-refractivity contribution in [1.29, 1.82) is 0 Å². The molecule has 0 nitrogen and oxygen atoms in total. The van der Waals surface area contributed by atoms with E-state index in [-0.39, 0.29) is 10.0 Å². The van der Waals surface area contributed by atoms with Crippen LogP contribution in [0.5, 0.6) is 0 Å². The van der Waals surface area contributed by atoms with Crippen LogP contribution in [0.2, 0.25) is 0 Å². The van der Waals surface area contributed by atoms with Gasteiger partial charge in [0.2, 0.25) is 0 Å². The van der Waals surface area contributed by atoms with Gasteiger partial charge in [0.1, 0.15) is 0 Å². The fourth-order valence-corrected chi connectivity index (χ4v) is 7.03. The van der Waals surface area contributed by atoms with E-state index in [9.17, 15) is 0 Å². The largest absolute Gasteiger partial charge is 0.241 e. The Balaban J connectivity index is 4.19. The molecule has 0 atom stereocenters. The van der Waals surface area contributed by atoms with E-state index in [1.54, 1.807) is 0 Å². The summed E-state index contributed by atoms with van der Waals surface area (Å²) in [7, 11) is -0.197. The van der Waals surface area contributed by atoms with Gasteiger partial charge in [-0.15, -0.1) is 0 Å². The first-order valence-electron chi connectivity index (χ1n) is 5.98. The minimum absolute atomic E-state index is 0.197. The van der Waals surface area contributed by atoms with Gasteiger partial charge < -0.3 is 0 Å². The molecule has 13 heavy (non-hydrogen) atoms. The van der Waals surface area contributed by atoms with Crippen LogP contribution in [0.25, 0.3) is 0 Å². The summed E-state index contributed by atoms with van der Waals surface area (Å²) in [4.78, 5) is 0. The average molecular weight is 204 g/mol. The second kappa shape index (κ2) is 7.73. The molecule has 0 aromatic carbocycles. The molecule has 1 heteroatoms. The first-order chi connectivity index (χ1) is 6.24. The Morgan fingerprint density at radius 2 is 0.769 bits per heavy atom. The van der Waals surface area contributed by atoms with Gasteiger partial charge in [0.15, 0.2) is 0 Å². The molecule has 0 bridgehead atoms. The van der Waals surface area contributed by atoms with Gasteiger partial charge in [-0.1, -0.05) is 27.7 Å². The van der Waals surface area contributed by atoms with Crippen molar-refractivity contribution in [2.45, 2.75) is 53.4 Å². The van der Waals surface area contributed by atoms with Crippen molar-refractivity contribution in [3.8, 4) is 0 Å². The maximum Gasteiger partial charge on any atom is -0.0230 e. The standard InChI is InChI=1S/C12H28S/c1-5-9-13(10-6-2,11-7-3)12-8-4/h5-12H2,1-4H3. The molecule has 0 fully saturated rings. The molecule has 82 valence electrons. The van der Waals surface area contributed by atoms with Crippen LogP contribution in [0, 0.1) is 0 Å². The highest BCUT2D eigenvalue weighted by Gasteiger charge is 2.19. The third-order valence-electron chi connectivity index (χ3n) is 2.55. The normalized spacial score (nSPS) is 13.2. The maximum absolute atomic E-state index is 2.35. The molecule has 0 amide bonds. The molecular formula is C12H28S. The maximum atomic E-state index is 2.35.